The normalized spacial score (nSPS) is 11.1. The highest BCUT2D eigenvalue weighted by Gasteiger charge is 2.12. The van der Waals surface area contributed by atoms with E-state index in [1.807, 2.05) is 48.0 Å². The zero-order chi connectivity index (χ0) is 19.9. The van der Waals surface area contributed by atoms with Gasteiger partial charge in [0.25, 0.3) is 0 Å². The second kappa shape index (κ2) is 9.18. The molecule has 4 nitrogen and oxygen atoms in total. The van der Waals surface area contributed by atoms with Crippen LogP contribution < -0.4 is 5.32 Å². The first-order valence-electron chi connectivity index (χ1n) is 9.68. The van der Waals surface area contributed by atoms with E-state index in [2.05, 4.69) is 48.5 Å². The third-order valence-corrected chi connectivity index (χ3v) is 4.96. The van der Waals surface area contributed by atoms with Crippen molar-refractivity contribution in [3.63, 3.8) is 0 Å². The van der Waals surface area contributed by atoms with Gasteiger partial charge in [-0.25, -0.2) is 0 Å². The highest BCUT2D eigenvalue weighted by molar-refractivity contribution is 5.91. The van der Waals surface area contributed by atoms with Crippen molar-refractivity contribution in [2.24, 2.45) is 0 Å². The molecule has 3 aromatic rings. The molecule has 144 valence electrons. The number of nitrogens with zero attached hydrogens (tertiary/aromatic N) is 2. The van der Waals surface area contributed by atoms with E-state index in [9.17, 15) is 4.79 Å². The summed E-state index contributed by atoms with van der Waals surface area (Å²) in [5.41, 5.74) is 6.63. The fourth-order valence-electron chi connectivity index (χ4n) is 3.17. The van der Waals surface area contributed by atoms with Gasteiger partial charge in [-0.3, -0.25) is 9.48 Å². The van der Waals surface area contributed by atoms with Crippen molar-refractivity contribution in [1.29, 1.82) is 0 Å². The number of nitrogens with one attached hydrogen (secondary N) is 1. The molecule has 0 atom stereocenters. The van der Waals surface area contributed by atoms with Crippen LogP contribution in [0.5, 0.6) is 0 Å². The maximum absolute atomic E-state index is 12.2. The van der Waals surface area contributed by atoms with Crippen LogP contribution in [0.2, 0.25) is 0 Å². The zero-order valence-corrected chi connectivity index (χ0v) is 16.8. The molecule has 1 amide bonds. The monoisotopic (exact) mass is 373 g/mol. The summed E-state index contributed by atoms with van der Waals surface area (Å²) in [6.45, 7) is 7.38. The summed E-state index contributed by atoms with van der Waals surface area (Å²) in [5.74, 6) is -0.103. The number of carbonyl (C=O) groups excluding carboxylic acids is 1. The second-order valence-corrected chi connectivity index (χ2v) is 6.94. The fourth-order valence-corrected chi connectivity index (χ4v) is 3.17. The highest BCUT2D eigenvalue weighted by atomic mass is 16.1. The molecule has 0 aliphatic carbocycles. The van der Waals surface area contributed by atoms with Crippen LogP contribution in [0.3, 0.4) is 0 Å². The van der Waals surface area contributed by atoms with E-state index in [0.29, 0.717) is 6.54 Å². The Kier molecular flexibility index (Phi) is 6.43. The Morgan fingerprint density at radius 2 is 1.75 bits per heavy atom. The minimum atomic E-state index is -0.103. The first-order valence-corrected chi connectivity index (χ1v) is 9.68. The lowest BCUT2D eigenvalue weighted by Gasteiger charge is -2.06. The summed E-state index contributed by atoms with van der Waals surface area (Å²) >= 11 is 0. The number of amides is 1. The smallest absolute Gasteiger partial charge is 0.244 e. The molecule has 0 bridgehead atoms. The largest absolute Gasteiger partial charge is 0.348 e. The standard InChI is InChI=1S/C24H27N3O/c1-4-20-10-12-21(13-11-20)14-15-24(28)25-16-23-18(2)26-27(19(23)3)17-22-8-6-5-7-9-22/h5-15H,4,16-17H2,1-3H3,(H,25,28)/b15-14+. The number of hydrogen-bond donors (Lipinski definition) is 1. The van der Waals surface area contributed by atoms with E-state index >= 15 is 0 Å². The van der Waals surface area contributed by atoms with Gasteiger partial charge in [-0.1, -0.05) is 61.5 Å². The number of aromatic nitrogens is 2. The van der Waals surface area contributed by atoms with Crippen LogP contribution in [0.4, 0.5) is 0 Å². The number of benzene rings is 2. The number of rotatable bonds is 7. The topological polar surface area (TPSA) is 46.9 Å². The van der Waals surface area contributed by atoms with E-state index in [4.69, 9.17) is 0 Å². The predicted molar refractivity (Wildman–Crippen MR) is 114 cm³/mol. The molecule has 0 aliphatic rings. The lowest BCUT2D eigenvalue weighted by atomic mass is 10.1. The van der Waals surface area contributed by atoms with Crippen LogP contribution >= 0.6 is 0 Å². The molecule has 0 unspecified atom stereocenters. The van der Waals surface area contributed by atoms with Gasteiger partial charge in [-0.2, -0.15) is 5.10 Å². The van der Waals surface area contributed by atoms with Crippen LogP contribution in [0, 0.1) is 13.8 Å². The summed E-state index contributed by atoms with van der Waals surface area (Å²) in [6.07, 6.45) is 4.44. The summed E-state index contributed by atoms with van der Waals surface area (Å²) in [4.78, 5) is 12.2. The van der Waals surface area contributed by atoms with Crippen molar-refractivity contribution in [3.8, 4) is 0 Å². The number of carbonyl (C=O) groups is 1. The molecule has 1 N–H and O–H groups in total. The molecule has 0 spiro atoms. The first kappa shape index (κ1) is 19.6. The van der Waals surface area contributed by atoms with E-state index < -0.39 is 0 Å². The van der Waals surface area contributed by atoms with Gasteiger partial charge in [0.2, 0.25) is 5.91 Å². The Morgan fingerprint density at radius 1 is 1.04 bits per heavy atom. The summed E-state index contributed by atoms with van der Waals surface area (Å²) in [6, 6.07) is 18.5. The molecule has 28 heavy (non-hydrogen) atoms. The van der Waals surface area contributed by atoms with Crippen LogP contribution in [0.1, 0.15) is 40.6 Å². The van der Waals surface area contributed by atoms with Crippen molar-refractivity contribution in [2.45, 2.75) is 40.3 Å². The van der Waals surface area contributed by atoms with Gasteiger partial charge in [-0.15, -0.1) is 0 Å². The van der Waals surface area contributed by atoms with E-state index in [1.54, 1.807) is 6.08 Å². The van der Waals surface area contributed by atoms with Gasteiger partial charge in [0.05, 0.1) is 12.2 Å². The Hall–Kier alpha value is -3.14. The molecule has 0 saturated heterocycles. The van der Waals surface area contributed by atoms with Crippen LogP contribution in [-0.2, 0) is 24.3 Å². The average molecular weight is 374 g/mol. The van der Waals surface area contributed by atoms with Crippen molar-refractivity contribution >= 4 is 12.0 Å². The van der Waals surface area contributed by atoms with Crippen molar-refractivity contribution in [3.05, 3.63) is 94.3 Å². The van der Waals surface area contributed by atoms with E-state index in [-0.39, 0.29) is 5.91 Å². The van der Waals surface area contributed by atoms with Gasteiger partial charge in [-0.05, 0) is 43.0 Å². The summed E-state index contributed by atoms with van der Waals surface area (Å²) in [7, 11) is 0. The zero-order valence-electron chi connectivity index (χ0n) is 16.8. The molecule has 2 aromatic carbocycles. The average Bonchev–Trinajstić information content (AvgIpc) is 2.98. The summed E-state index contributed by atoms with van der Waals surface area (Å²) in [5, 5.41) is 7.61. The summed E-state index contributed by atoms with van der Waals surface area (Å²) < 4.78 is 2.00. The lowest BCUT2D eigenvalue weighted by Crippen LogP contribution is -2.21. The van der Waals surface area contributed by atoms with Gasteiger partial charge in [0.15, 0.2) is 0 Å². The lowest BCUT2D eigenvalue weighted by molar-refractivity contribution is -0.116. The SMILES string of the molecule is CCc1ccc(/C=C/C(=O)NCc2c(C)nn(Cc3ccccc3)c2C)cc1. The molecule has 0 saturated carbocycles. The minimum absolute atomic E-state index is 0.103. The first-order chi connectivity index (χ1) is 13.6. The molecule has 1 aromatic heterocycles. The molecule has 0 radical (unpaired) electrons. The quantitative estimate of drug-likeness (QED) is 0.622. The molecular weight excluding hydrogens is 346 g/mol. The number of aryl methyl sites for hydroxylation is 2. The Morgan fingerprint density at radius 3 is 2.43 bits per heavy atom. The molecule has 3 rings (SSSR count). The van der Waals surface area contributed by atoms with E-state index in [0.717, 1.165) is 35.5 Å². The van der Waals surface area contributed by atoms with Gasteiger partial charge >= 0.3 is 0 Å². The molecule has 4 heteroatoms. The third kappa shape index (κ3) is 4.97. The number of hydrogen-bond acceptors (Lipinski definition) is 2. The van der Waals surface area contributed by atoms with Crippen molar-refractivity contribution in [2.75, 3.05) is 0 Å². The minimum Gasteiger partial charge on any atom is -0.348 e. The molecule has 0 aliphatic heterocycles. The molecule has 1 heterocycles. The highest BCUT2D eigenvalue weighted by Crippen LogP contribution is 2.15. The van der Waals surface area contributed by atoms with Crippen molar-refractivity contribution in [1.82, 2.24) is 15.1 Å². The van der Waals surface area contributed by atoms with Gasteiger partial charge in [0.1, 0.15) is 0 Å². The van der Waals surface area contributed by atoms with Gasteiger partial charge in [0, 0.05) is 23.9 Å². The van der Waals surface area contributed by atoms with Crippen LogP contribution in [0.25, 0.3) is 6.08 Å². The second-order valence-electron chi connectivity index (χ2n) is 6.94. The van der Waals surface area contributed by atoms with Crippen LogP contribution in [0.15, 0.2) is 60.7 Å². The Labute approximate surface area is 166 Å². The van der Waals surface area contributed by atoms with E-state index in [1.165, 1.54) is 11.1 Å². The van der Waals surface area contributed by atoms with Crippen molar-refractivity contribution < 1.29 is 4.79 Å². The molecular formula is C24H27N3O. The third-order valence-electron chi connectivity index (χ3n) is 4.96. The van der Waals surface area contributed by atoms with Crippen LogP contribution in [-0.4, -0.2) is 15.7 Å². The maximum Gasteiger partial charge on any atom is 0.244 e. The Bertz CT molecular complexity index is 954. The fraction of sp³-hybridized carbons (Fsp3) is 0.250. The van der Waals surface area contributed by atoms with Gasteiger partial charge < -0.3 is 5.32 Å². The predicted octanol–water partition coefficient (Wildman–Crippen LogP) is 4.44. The maximum atomic E-state index is 12.2. The Balaban J connectivity index is 1.60. The molecule has 0 fully saturated rings.